The van der Waals surface area contributed by atoms with Gasteiger partial charge in [0.1, 0.15) is 11.2 Å². The second-order valence-corrected chi connectivity index (χ2v) is 12.7. The minimum absolute atomic E-state index is 0.0848. The molecule has 9 atom stereocenters. The average molecular weight is 417 g/mol. The number of rotatable bonds is 5. The maximum atomic E-state index is 10.4. The van der Waals surface area contributed by atoms with E-state index in [1.165, 1.54) is 44.9 Å². The Labute approximate surface area is 183 Å². The van der Waals surface area contributed by atoms with Crippen LogP contribution in [0.4, 0.5) is 0 Å². The van der Waals surface area contributed by atoms with Crippen LogP contribution in [0.25, 0.3) is 0 Å². The van der Waals surface area contributed by atoms with Crippen LogP contribution < -0.4 is 0 Å². The zero-order valence-electron chi connectivity index (χ0n) is 20.0. The predicted molar refractivity (Wildman–Crippen MR) is 120 cm³/mol. The molecular formula is C27H44O3. The number of fused-ring (bicyclic) bond motifs is 2. The first-order valence-corrected chi connectivity index (χ1v) is 12.9. The van der Waals surface area contributed by atoms with Crippen molar-refractivity contribution in [3.05, 3.63) is 12.2 Å². The lowest BCUT2D eigenvalue weighted by Crippen LogP contribution is -2.73. The number of hydrogen-bond donors (Lipinski definition) is 1. The van der Waals surface area contributed by atoms with Gasteiger partial charge in [-0.25, -0.2) is 9.78 Å². The van der Waals surface area contributed by atoms with Crippen LogP contribution >= 0.6 is 0 Å². The molecule has 3 nitrogen and oxygen atoms in total. The molecule has 1 N–H and O–H groups in total. The van der Waals surface area contributed by atoms with Crippen molar-refractivity contribution in [3.8, 4) is 0 Å². The van der Waals surface area contributed by atoms with E-state index in [4.69, 9.17) is 9.78 Å². The molecule has 1 saturated heterocycles. The summed E-state index contributed by atoms with van der Waals surface area (Å²) < 4.78 is 0. The minimum Gasteiger partial charge on any atom is -0.393 e. The van der Waals surface area contributed by atoms with Crippen molar-refractivity contribution in [2.45, 2.75) is 116 Å². The third kappa shape index (κ3) is 2.73. The van der Waals surface area contributed by atoms with Crippen molar-refractivity contribution < 1.29 is 14.9 Å². The van der Waals surface area contributed by atoms with Gasteiger partial charge in [-0.05, 0) is 67.8 Å². The lowest BCUT2D eigenvalue weighted by molar-refractivity contribution is -0.497. The average Bonchev–Trinajstić information content (AvgIpc) is 3.05. The molecule has 6 rings (SSSR count). The van der Waals surface area contributed by atoms with Crippen LogP contribution in [0.15, 0.2) is 12.2 Å². The molecule has 4 fully saturated rings. The Hall–Kier alpha value is -0.380. The first kappa shape index (κ1) is 21.5. The van der Waals surface area contributed by atoms with Crippen molar-refractivity contribution in [3.63, 3.8) is 0 Å². The van der Waals surface area contributed by atoms with Crippen molar-refractivity contribution in [2.24, 2.45) is 40.4 Å². The Morgan fingerprint density at radius 1 is 0.933 bits per heavy atom. The summed E-state index contributed by atoms with van der Waals surface area (Å²) in [6.07, 6.45) is 16.4. The summed E-state index contributed by atoms with van der Waals surface area (Å²) >= 11 is 0. The van der Waals surface area contributed by atoms with Gasteiger partial charge in [-0.15, -0.1) is 0 Å². The van der Waals surface area contributed by atoms with E-state index >= 15 is 0 Å². The summed E-state index contributed by atoms with van der Waals surface area (Å²) in [7, 11) is 0. The SMILES string of the molecule is CC(C)CCC[C@@H](C)C1CCC2[C@]1(C)CCC1[C@]23C=C[C@]2(CC(O)CC[C@]12C)OO3. The Balaban J connectivity index is 1.42. The molecule has 3 heteroatoms. The van der Waals surface area contributed by atoms with E-state index < -0.39 is 5.60 Å². The second-order valence-electron chi connectivity index (χ2n) is 12.7. The van der Waals surface area contributed by atoms with Gasteiger partial charge in [-0.3, -0.25) is 0 Å². The quantitative estimate of drug-likeness (QED) is 0.413. The largest absolute Gasteiger partial charge is 0.393 e. The van der Waals surface area contributed by atoms with Crippen molar-refractivity contribution in [2.75, 3.05) is 0 Å². The van der Waals surface area contributed by atoms with Crippen LogP contribution in [0.1, 0.15) is 98.8 Å². The van der Waals surface area contributed by atoms with E-state index in [1.54, 1.807) is 0 Å². The molecule has 0 aromatic heterocycles. The Morgan fingerprint density at radius 3 is 2.43 bits per heavy atom. The molecule has 170 valence electrons. The van der Waals surface area contributed by atoms with Gasteiger partial charge < -0.3 is 5.11 Å². The maximum Gasteiger partial charge on any atom is 0.130 e. The molecule has 3 saturated carbocycles. The summed E-state index contributed by atoms with van der Waals surface area (Å²) in [4.78, 5) is 12.8. The van der Waals surface area contributed by atoms with E-state index in [0.717, 1.165) is 30.6 Å². The number of aliphatic hydroxyl groups is 1. The van der Waals surface area contributed by atoms with Gasteiger partial charge in [0.2, 0.25) is 0 Å². The van der Waals surface area contributed by atoms with Gasteiger partial charge in [0.15, 0.2) is 0 Å². The summed E-state index contributed by atoms with van der Waals surface area (Å²) in [5, 5.41) is 10.4. The van der Waals surface area contributed by atoms with Crippen LogP contribution in [-0.2, 0) is 9.78 Å². The monoisotopic (exact) mass is 416 g/mol. The van der Waals surface area contributed by atoms with Crippen molar-refractivity contribution >= 4 is 0 Å². The molecule has 2 heterocycles. The molecule has 6 aliphatic rings. The predicted octanol–water partition coefficient (Wildman–Crippen LogP) is 6.45. The van der Waals surface area contributed by atoms with Gasteiger partial charge in [-0.2, -0.15) is 0 Å². The highest BCUT2D eigenvalue weighted by Crippen LogP contribution is 2.72. The van der Waals surface area contributed by atoms with Gasteiger partial charge in [0, 0.05) is 23.7 Å². The fourth-order valence-electron chi connectivity index (χ4n) is 9.12. The Morgan fingerprint density at radius 2 is 1.73 bits per heavy atom. The van der Waals surface area contributed by atoms with Crippen LogP contribution in [0, 0.1) is 40.4 Å². The standard InChI is InChI=1S/C27H44O3/c1-18(2)7-6-8-19(3)21-9-10-22-24(21,4)13-12-23-25(5)14-11-20(28)17-26(25)15-16-27(22,23)30-29-26/h15-16,18-23,28H,6-14,17H2,1-5H3/t19-,20?,21?,22?,23?,24-,25-,26-,27+/m1/s1. The molecule has 2 aliphatic heterocycles. The highest BCUT2D eigenvalue weighted by Gasteiger charge is 2.74. The van der Waals surface area contributed by atoms with Gasteiger partial charge >= 0.3 is 0 Å². The smallest absolute Gasteiger partial charge is 0.130 e. The first-order valence-electron chi connectivity index (χ1n) is 12.9. The fraction of sp³-hybridized carbons (Fsp3) is 0.926. The van der Waals surface area contributed by atoms with Crippen LogP contribution in [0.5, 0.6) is 0 Å². The van der Waals surface area contributed by atoms with E-state index in [-0.39, 0.29) is 17.1 Å². The molecule has 2 spiro atoms. The van der Waals surface area contributed by atoms with E-state index in [1.807, 2.05) is 0 Å². The minimum atomic E-state index is -0.424. The van der Waals surface area contributed by atoms with E-state index in [0.29, 0.717) is 23.7 Å². The molecule has 0 aromatic carbocycles. The molecule has 0 radical (unpaired) electrons. The highest BCUT2D eigenvalue weighted by molar-refractivity contribution is 5.33. The van der Waals surface area contributed by atoms with Gasteiger partial charge in [-0.1, -0.05) is 60.0 Å². The van der Waals surface area contributed by atoms with E-state index in [9.17, 15) is 5.11 Å². The molecule has 0 aromatic rings. The number of aliphatic hydroxyl groups excluding tert-OH is 1. The number of hydrogen-bond acceptors (Lipinski definition) is 3. The molecule has 4 unspecified atom stereocenters. The van der Waals surface area contributed by atoms with E-state index in [2.05, 4.69) is 46.8 Å². The molecular weight excluding hydrogens is 372 g/mol. The molecule has 2 bridgehead atoms. The normalized spacial score (nSPS) is 52.8. The molecule has 0 amide bonds. The summed E-state index contributed by atoms with van der Waals surface area (Å²) in [6, 6.07) is 0. The topological polar surface area (TPSA) is 38.7 Å². The first-order chi connectivity index (χ1) is 14.2. The van der Waals surface area contributed by atoms with Gasteiger partial charge in [0.25, 0.3) is 0 Å². The maximum absolute atomic E-state index is 10.4. The third-order valence-corrected chi connectivity index (χ3v) is 10.8. The zero-order chi connectivity index (χ0) is 21.4. The summed E-state index contributed by atoms with van der Waals surface area (Å²) in [5.41, 5.74) is -0.240. The zero-order valence-corrected chi connectivity index (χ0v) is 20.0. The van der Waals surface area contributed by atoms with Gasteiger partial charge in [0.05, 0.1) is 6.10 Å². The summed E-state index contributed by atoms with van der Waals surface area (Å²) in [6.45, 7) is 12.2. The highest BCUT2D eigenvalue weighted by atomic mass is 17.2. The lowest BCUT2D eigenvalue weighted by atomic mass is 9.42. The second kappa shape index (κ2) is 7.06. The molecule has 30 heavy (non-hydrogen) atoms. The van der Waals surface area contributed by atoms with Crippen molar-refractivity contribution in [1.82, 2.24) is 0 Å². The van der Waals surface area contributed by atoms with Crippen LogP contribution in [0.3, 0.4) is 0 Å². The summed E-state index contributed by atoms with van der Waals surface area (Å²) in [5.74, 6) is 3.48. The van der Waals surface area contributed by atoms with Crippen molar-refractivity contribution in [1.29, 1.82) is 0 Å². The molecule has 4 aliphatic carbocycles. The lowest BCUT2D eigenvalue weighted by Gasteiger charge is -2.69. The van der Waals surface area contributed by atoms with Crippen LogP contribution in [-0.4, -0.2) is 22.4 Å². The Kier molecular flexibility index (Phi) is 5.05. The fourth-order valence-corrected chi connectivity index (χ4v) is 9.12. The third-order valence-electron chi connectivity index (χ3n) is 10.8. The Bertz CT molecular complexity index is 702. The van der Waals surface area contributed by atoms with Crippen LogP contribution in [0.2, 0.25) is 0 Å².